The second kappa shape index (κ2) is 8.60. The number of halogens is 2. The molecule has 0 N–H and O–H groups in total. The Morgan fingerprint density at radius 2 is 1.76 bits per heavy atom. The molecule has 0 unspecified atom stereocenters. The van der Waals surface area contributed by atoms with Gasteiger partial charge >= 0.3 is 6.03 Å². The van der Waals surface area contributed by atoms with Gasteiger partial charge in [-0.3, -0.25) is 0 Å². The third kappa shape index (κ3) is 4.27. The second-order valence-corrected chi connectivity index (χ2v) is 9.20. The largest absolute Gasteiger partial charge is 0.497 e. The van der Waals surface area contributed by atoms with Crippen LogP contribution in [-0.2, 0) is 27.7 Å². The van der Waals surface area contributed by atoms with Crippen LogP contribution in [0.2, 0.25) is 0 Å². The van der Waals surface area contributed by atoms with Gasteiger partial charge < -0.3 is 9.47 Å². The molecule has 7 nitrogen and oxygen atoms in total. The van der Waals surface area contributed by atoms with E-state index in [0.717, 1.165) is 28.3 Å². The lowest BCUT2D eigenvalue weighted by Crippen LogP contribution is -2.47. The van der Waals surface area contributed by atoms with Gasteiger partial charge in [0.2, 0.25) is 5.88 Å². The third-order valence-electron chi connectivity index (χ3n) is 5.04. The van der Waals surface area contributed by atoms with Crippen molar-refractivity contribution in [3.63, 3.8) is 0 Å². The van der Waals surface area contributed by atoms with Gasteiger partial charge in [-0.25, -0.2) is 31.2 Å². The molecule has 0 atom stereocenters. The van der Waals surface area contributed by atoms with Crippen LogP contribution in [-0.4, -0.2) is 30.8 Å². The number of rotatable bonds is 4. The van der Waals surface area contributed by atoms with Crippen LogP contribution in [0.25, 0.3) is 0 Å². The van der Waals surface area contributed by atoms with Crippen molar-refractivity contribution in [1.29, 1.82) is 0 Å². The van der Waals surface area contributed by atoms with E-state index in [0.29, 0.717) is 10.7 Å². The fourth-order valence-corrected chi connectivity index (χ4v) is 4.53. The molecule has 170 valence electrons. The smallest absolute Gasteiger partial charge is 0.345 e. The minimum atomic E-state index is -4.23. The molecule has 0 saturated heterocycles. The molecular weight excluding hydrogens is 454 g/mol. The van der Waals surface area contributed by atoms with Gasteiger partial charge in [-0.15, -0.1) is 0 Å². The van der Waals surface area contributed by atoms with E-state index in [9.17, 15) is 22.0 Å². The summed E-state index contributed by atoms with van der Waals surface area (Å²) in [5.74, 6) is 4.17. The van der Waals surface area contributed by atoms with Gasteiger partial charge in [-0.05, 0) is 48.2 Å². The van der Waals surface area contributed by atoms with Gasteiger partial charge in [-0.1, -0.05) is 24.1 Å². The maximum absolute atomic E-state index is 13.5. The van der Waals surface area contributed by atoms with Crippen LogP contribution in [0.3, 0.4) is 0 Å². The molecule has 2 aromatic rings. The van der Waals surface area contributed by atoms with Gasteiger partial charge in [0.15, 0.2) is 17.4 Å². The molecule has 2 amide bonds. The third-order valence-corrected chi connectivity index (χ3v) is 6.86. The number of benzene rings is 2. The standard InChI is InChI=1S/C23H18F2N2O5S/c1-15-22-26(14-19(32-22)5-3-4-16-6-9-18(31-2)10-7-16)23(28)27(33(15,29)30)13-17-8-11-20(24)21(25)12-17/h6-12,14H,4,13H2,1-2H3. The Morgan fingerprint density at radius 3 is 2.42 bits per heavy atom. The van der Waals surface area contributed by atoms with Crippen molar-refractivity contribution in [2.24, 2.45) is 0 Å². The summed E-state index contributed by atoms with van der Waals surface area (Å²) in [6.45, 7) is 0.829. The first kappa shape index (κ1) is 22.4. The summed E-state index contributed by atoms with van der Waals surface area (Å²) in [4.78, 5) is 13.7. The predicted molar refractivity (Wildman–Crippen MR) is 114 cm³/mol. The highest BCUT2D eigenvalue weighted by molar-refractivity contribution is 7.93. The normalized spacial score (nSPS) is 16.6. The lowest BCUT2D eigenvalue weighted by Gasteiger charge is -2.31. The van der Waals surface area contributed by atoms with E-state index in [2.05, 4.69) is 11.8 Å². The zero-order chi connectivity index (χ0) is 23.8. The maximum Gasteiger partial charge on any atom is 0.345 e. The predicted octanol–water partition coefficient (Wildman–Crippen LogP) is 3.85. The minimum Gasteiger partial charge on any atom is -0.497 e. The number of amides is 2. The van der Waals surface area contributed by atoms with Crippen molar-refractivity contribution in [3.8, 4) is 17.6 Å². The molecule has 0 aliphatic carbocycles. The molecule has 0 radical (unpaired) electrons. The van der Waals surface area contributed by atoms with Crippen molar-refractivity contribution >= 4 is 16.1 Å². The minimum absolute atomic E-state index is 0.107. The van der Waals surface area contributed by atoms with E-state index in [1.165, 1.54) is 19.2 Å². The van der Waals surface area contributed by atoms with Crippen molar-refractivity contribution in [2.75, 3.05) is 7.11 Å². The molecule has 2 aromatic carbocycles. The van der Waals surface area contributed by atoms with Crippen LogP contribution < -0.4 is 4.74 Å². The van der Waals surface area contributed by atoms with E-state index in [1.807, 2.05) is 24.3 Å². The quantitative estimate of drug-likeness (QED) is 0.632. The van der Waals surface area contributed by atoms with Crippen LogP contribution in [0.4, 0.5) is 13.6 Å². The first-order valence-electron chi connectivity index (χ1n) is 9.73. The number of fused-ring (bicyclic) bond motifs is 1. The van der Waals surface area contributed by atoms with E-state index >= 15 is 0 Å². The van der Waals surface area contributed by atoms with Crippen molar-refractivity contribution in [2.45, 2.75) is 19.9 Å². The molecule has 33 heavy (non-hydrogen) atoms. The zero-order valence-corrected chi connectivity index (χ0v) is 18.4. The van der Waals surface area contributed by atoms with E-state index in [-0.39, 0.29) is 22.1 Å². The number of hydrogen-bond acceptors (Lipinski definition) is 5. The van der Waals surface area contributed by atoms with Crippen LogP contribution in [0, 0.1) is 23.5 Å². The molecule has 0 saturated carbocycles. The fraction of sp³-hybridized carbons (Fsp3) is 0.174. The summed E-state index contributed by atoms with van der Waals surface area (Å²) < 4.78 is 63.7. The Bertz CT molecular complexity index is 1360. The highest BCUT2D eigenvalue weighted by atomic mass is 32.2. The Kier molecular flexibility index (Phi) is 5.82. The number of nitrogens with zero attached hydrogens (tertiary/aromatic N) is 2. The molecule has 2 aliphatic rings. The summed E-state index contributed by atoms with van der Waals surface area (Å²) in [6, 6.07) is 9.35. The van der Waals surface area contributed by atoms with Crippen molar-refractivity contribution < 1.29 is 31.5 Å². The molecule has 2 heterocycles. The van der Waals surface area contributed by atoms with Gasteiger partial charge in [0.1, 0.15) is 10.7 Å². The molecule has 2 aliphatic heterocycles. The van der Waals surface area contributed by atoms with Crippen LogP contribution in [0.5, 0.6) is 5.75 Å². The van der Waals surface area contributed by atoms with Gasteiger partial charge in [0.25, 0.3) is 10.0 Å². The highest BCUT2D eigenvalue weighted by Crippen LogP contribution is 2.35. The SMILES string of the molecule is COc1ccc(CC#CC2=CN3C(=O)N(Cc4ccc(F)c(F)c4)S(=O)(=O)C(C)=C3O2)cc1. The average molecular weight is 472 g/mol. The Hall–Kier alpha value is -3.84. The number of methoxy groups -OCH3 is 1. The summed E-state index contributed by atoms with van der Waals surface area (Å²) >= 11 is 0. The van der Waals surface area contributed by atoms with Crippen LogP contribution in [0.1, 0.15) is 18.1 Å². The van der Waals surface area contributed by atoms with Crippen molar-refractivity contribution in [1.82, 2.24) is 9.21 Å². The van der Waals surface area contributed by atoms with E-state index in [1.54, 1.807) is 7.11 Å². The number of hydrogen-bond donors (Lipinski definition) is 0. The van der Waals surface area contributed by atoms with E-state index in [4.69, 9.17) is 9.47 Å². The summed E-state index contributed by atoms with van der Waals surface area (Å²) in [6.07, 6.45) is 1.70. The highest BCUT2D eigenvalue weighted by Gasteiger charge is 2.45. The molecule has 0 bridgehead atoms. The first-order valence-corrected chi connectivity index (χ1v) is 11.2. The average Bonchev–Trinajstić information content (AvgIpc) is 3.22. The number of sulfonamides is 1. The Morgan fingerprint density at radius 1 is 1.06 bits per heavy atom. The Balaban J connectivity index is 1.56. The van der Waals surface area contributed by atoms with Gasteiger partial charge in [0.05, 0.1) is 19.9 Å². The number of urea groups is 1. The maximum atomic E-state index is 13.5. The molecule has 0 fully saturated rings. The van der Waals surface area contributed by atoms with Gasteiger partial charge in [0, 0.05) is 6.42 Å². The van der Waals surface area contributed by atoms with Gasteiger partial charge in [-0.2, -0.15) is 0 Å². The molecule has 0 spiro atoms. The van der Waals surface area contributed by atoms with Crippen LogP contribution >= 0.6 is 0 Å². The van der Waals surface area contributed by atoms with Crippen LogP contribution in [0.15, 0.2) is 65.2 Å². The summed E-state index contributed by atoms with van der Waals surface area (Å²) in [7, 11) is -2.66. The molecule has 0 aromatic heterocycles. The fourth-order valence-electron chi connectivity index (χ4n) is 3.23. The molecule has 4 rings (SSSR count). The lowest BCUT2D eigenvalue weighted by molar-refractivity contribution is 0.182. The summed E-state index contributed by atoms with van der Waals surface area (Å²) in [5.41, 5.74) is 1.05. The monoisotopic (exact) mass is 472 g/mol. The number of carbonyl (C=O) groups excluding carboxylic acids is 1. The number of allylic oxidation sites excluding steroid dienone is 2. The number of carbonyl (C=O) groups is 1. The van der Waals surface area contributed by atoms with E-state index < -0.39 is 34.2 Å². The first-order chi connectivity index (χ1) is 15.7. The number of ether oxygens (including phenoxy) is 2. The molecule has 10 heteroatoms. The topological polar surface area (TPSA) is 76.2 Å². The second-order valence-electron chi connectivity index (χ2n) is 7.20. The van der Waals surface area contributed by atoms with Crippen molar-refractivity contribution in [3.05, 3.63) is 88.0 Å². The zero-order valence-electron chi connectivity index (χ0n) is 17.6. The molecular formula is C23H18F2N2O5S. The lowest BCUT2D eigenvalue weighted by atomic mass is 10.1. The summed E-state index contributed by atoms with van der Waals surface area (Å²) in [5, 5.41) is 0. The Labute approximate surface area is 189 Å².